The highest BCUT2D eigenvalue weighted by atomic mass is 32.1. The van der Waals surface area contributed by atoms with Gasteiger partial charge in [-0.3, -0.25) is 0 Å². The molecule has 0 saturated carbocycles. The molecule has 3 heterocycles. The molecule has 0 unspecified atom stereocenters. The van der Waals surface area contributed by atoms with Gasteiger partial charge in [0.25, 0.3) is 0 Å². The maximum atomic E-state index is 6.73. The molecule has 14 aromatic rings. The Morgan fingerprint density at radius 1 is 0.368 bits per heavy atom. The van der Waals surface area contributed by atoms with Crippen molar-refractivity contribution in [1.82, 2.24) is 4.57 Å². The Bertz CT molecular complexity index is 4210. The molecule has 68 heavy (non-hydrogen) atoms. The van der Waals surface area contributed by atoms with Gasteiger partial charge < -0.3 is 13.9 Å². The number of aromatic nitrogens is 1. The smallest absolute Gasteiger partial charge is 0.143 e. The highest BCUT2D eigenvalue weighted by Crippen LogP contribution is 2.47. The lowest BCUT2D eigenvalue weighted by Crippen LogP contribution is -2.11. The van der Waals surface area contributed by atoms with Crippen LogP contribution in [0.5, 0.6) is 0 Å². The summed E-state index contributed by atoms with van der Waals surface area (Å²) in [4.78, 5) is 2.41. The van der Waals surface area contributed by atoms with E-state index in [0.29, 0.717) is 0 Å². The average molecular weight is 885 g/mol. The molecule has 3 aromatic heterocycles. The van der Waals surface area contributed by atoms with E-state index >= 15 is 0 Å². The van der Waals surface area contributed by atoms with Crippen molar-refractivity contribution in [3.8, 4) is 39.1 Å². The zero-order valence-corrected chi connectivity index (χ0v) is 37.6. The second kappa shape index (κ2) is 15.5. The number of para-hydroxylation sites is 4. The highest BCUT2D eigenvalue weighted by molar-refractivity contribution is 7.26. The van der Waals surface area contributed by atoms with E-state index in [1.54, 1.807) is 0 Å². The highest BCUT2D eigenvalue weighted by Gasteiger charge is 2.22. The van der Waals surface area contributed by atoms with Gasteiger partial charge in [0.15, 0.2) is 0 Å². The molecule has 0 bridgehead atoms. The first-order valence-corrected chi connectivity index (χ1v) is 24.0. The van der Waals surface area contributed by atoms with Crippen molar-refractivity contribution in [2.45, 2.75) is 0 Å². The van der Waals surface area contributed by atoms with E-state index in [2.05, 4.69) is 252 Å². The molecule has 3 nitrogen and oxygen atoms in total. The van der Waals surface area contributed by atoms with Crippen molar-refractivity contribution in [3.05, 3.63) is 243 Å². The third-order valence-electron chi connectivity index (χ3n) is 13.8. The van der Waals surface area contributed by atoms with Crippen LogP contribution in [0, 0.1) is 0 Å². The topological polar surface area (TPSA) is 21.3 Å². The first kappa shape index (κ1) is 38.6. The molecular weight excluding hydrogens is 845 g/mol. The van der Waals surface area contributed by atoms with Crippen LogP contribution in [-0.2, 0) is 0 Å². The SMILES string of the molecule is c1ccc(N(c2ccc(-c3ccccc3-n3c4ccccc4c4ccccc43)cc2)c2ccc(-c3cccc4c3sc3ccccc34)cc2)c(-c2cccc3oc4c5ccccc5ccc4c23)c1. The van der Waals surface area contributed by atoms with Gasteiger partial charge in [0.1, 0.15) is 11.2 Å². The molecule has 0 radical (unpaired) electrons. The molecule has 14 rings (SSSR count). The molecule has 0 N–H and O–H groups in total. The lowest BCUT2D eigenvalue weighted by Gasteiger charge is -2.28. The molecule has 318 valence electrons. The van der Waals surface area contributed by atoms with E-state index in [0.717, 1.165) is 66.8 Å². The summed E-state index contributed by atoms with van der Waals surface area (Å²) in [7, 11) is 0. The molecule has 4 heteroatoms. The minimum absolute atomic E-state index is 0.876. The van der Waals surface area contributed by atoms with E-state index in [-0.39, 0.29) is 0 Å². The van der Waals surface area contributed by atoms with Gasteiger partial charge in [0, 0.05) is 69.6 Å². The van der Waals surface area contributed by atoms with Gasteiger partial charge in [-0.2, -0.15) is 0 Å². The van der Waals surface area contributed by atoms with Crippen molar-refractivity contribution in [1.29, 1.82) is 0 Å². The normalized spacial score (nSPS) is 11.8. The number of thiophene rings is 1. The van der Waals surface area contributed by atoms with Crippen LogP contribution in [0.3, 0.4) is 0 Å². The summed E-state index contributed by atoms with van der Waals surface area (Å²) >= 11 is 1.87. The summed E-state index contributed by atoms with van der Waals surface area (Å²) in [5.41, 5.74) is 15.5. The second-order valence-electron chi connectivity index (χ2n) is 17.6. The van der Waals surface area contributed by atoms with Crippen LogP contribution >= 0.6 is 11.3 Å². The molecular formula is C64H40N2OS. The minimum Gasteiger partial charge on any atom is -0.455 e. The summed E-state index contributed by atoms with van der Waals surface area (Å²) in [6, 6.07) is 88.1. The number of hydrogen-bond acceptors (Lipinski definition) is 3. The van der Waals surface area contributed by atoms with E-state index in [9.17, 15) is 0 Å². The summed E-state index contributed by atoms with van der Waals surface area (Å²) in [5.74, 6) is 0. The molecule has 0 fully saturated rings. The largest absolute Gasteiger partial charge is 0.455 e. The monoisotopic (exact) mass is 884 g/mol. The fraction of sp³-hybridized carbons (Fsp3) is 0. The molecule has 11 aromatic carbocycles. The average Bonchev–Trinajstić information content (AvgIpc) is 4.10. The maximum Gasteiger partial charge on any atom is 0.143 e. The fourth-order valence-electron chi connectivity index (χ4n) is 10.8. The van der Waals surface area contributed by atoms with E-state index in [1.807, 2.05) is 11.3 Å². The van der Waals surface area contributed by atoms with Crippen molar-refractivity contribution < 1.29 is 4.42 Å². The number of rotatable bonds is 7. The second-order valence-corrected chi connectivity index (χ2v) is 18.6. The number of fused-ring (bicyclic) bond motifs is 11. The summed E-state index contributed by atoms with van der Waals surface area (Å²) < 4.78 is 11.8. The Morgan fingerprint density at radius 3 is 1.69 bits per heavy atom. The molecule has 0 aliphatic carbocycles. The number of furan rings is 1. The van der Waals surface area contributed by atoms with Crippen LogP contribution in [0.15, 0.2) is 247 Å². The van der Waals surface area contributed by atoms with Gasteiger partial charge in [0.2, 0.25) is 0 Å². The van der Waals surface area contributed by atoms with Crippen LogP contribution in [0.4, 0.5) is 17.1 Å². The van der Waals surface area contributed by atoms with Gasteiger partial charge in [-0.25, -0.2) is 0 Å². The Hall–Kier alpha value is -8.70. The lowest BCUT2D eigenvalue weighted by atomic mass is 9.96. The van der Waals surface area contributed by atoms with Crippen molar-refractivity contribution in [3.63, 3.8) is 0 Å². The van der Waals surface area contributed by atoms with Crippen molar-refractivity contribution in [2.24, 2.45) is 0 Å². The van der Waals surface area contributed by atoms with Crippen LogP contribution in [-0.4, -0.2) is 4.57 Å². The Balaban J connectivity index is 0.939. The van der Waals surface area contributed by atoms with Crippen LogP contribution in [0.2, 0.25) is 0 Å². The number of hydrogen-bond donors (Lipinski definition) is 0. The third-order valence-corrected chi connectivity index (χ3v) is 15.0. The molecule has 0 atom stereocenters. The van der Waals surface area contributed by atoms with Crippen molar-refractivity contribution >= 4 is 103 Å². The first-order chi connectivity index (χ1) is 33.7. The van der Waals surface area contributed by atoms with Crippen LogP contribution in [0.25, 0.3) is 114 Å². The van der Waals surface area contributed by atoms with Crippen LogP contribution in [0.1, 0.15) is 0 Å². The molecule has 0 spiro atoms. The predicted molar refractivity (Wildman–Crippen MR) is 289 cm³/mol. The molecule has 0 amide bonds. The summed E-state index contributed by atoms with van der Waals surface area (Å²) in [6.45, 7) is 0. The number of anilines is 3. The minimum atomic E-state index is 0.876. The molecule has 0 aliphatic rings. The zero-order chi connectivity index (χ0) is 44.7. The molecule has 0 aliphatic heterocycles. The lowest BCUT2D eigenvalue weighted by molar-refractivity contribution is 0.673. The number of benzene rings is 11. The van der Waals surface area contributed by atoms with E-state index < -0.39 is 0 Å². The van der Waals surface area contributed by atoms with Gasteiger partial charge in [0.05, 0.1) is 22.4 Å². The third kappa shape index (κ3) is 5.98. The first-order valence-electron chi connectivity index (χ1n) is 23.2. The quantitative estimate of drug-likeness (QED) is 0.159. The number of nitrogens with zero attached hydrogens (tertiary/aromatic N) is 2. The van der Waals surface area contributed by atoms with Gasteiger partial charge in [-0.05, 0) is 94.4 Å². The fourth-order valence-corrected chi connectivity index (χ4v) is 12.0. The summed E-state index contributed by atoms with van der Waals surface area (Å²) in [5, 5.41) is 9.63. The Kier molecular flexibility index (Phi) is 8.76. The zero-order valence-electron chi connectivity index (χ0n) is 36.8. The predicted octanol–water partition coefficient (Wildman–Crippen LogP) is 18.7. The molecule has 0 saturated heterocycles. The maximum absolute atomic E-state index is 6.73. The van der Waals surface area contributed by atoms with E-state index in [1.165, 1.54) is 64.1 Å². The standard InChI is InChI=1S/C64H40N2OS/c1-2-17-47-41(15-1)35-40-55-62-53(23-14-29-60(62)67-63(47)55)51-20-6-9-26-57(51)65(45-38-33-43(34-39-45)48-22-13-24-54-52-21-7-12-30-61(52)68-64(48)54)44-36-31-42(32-37-44)46-16-3-8-25-56(46)66-58-27-10-4-18-49(58)50-19-5-11-28-59(50)66/h1-40H. The Labute approximate surface area is 396 Å². The van der Waals surface area contributed by atoms with Gasteiger partial charge >= 0.3 is 0 Å². The van der Waals surface area contributed by atoms with Gasteiger partial charge in [-0.1, -0.05) is 176 Å². The van der Waals surface area contributed by atoms with Gasteiger partial charge in [-0.15, -0.1) is 11.3 Å². The Morgan fingerprint density at radius 2 is 0.926 bits per heavy atom. The van der Waals surface area contributed by atoms with Crippen LogP contribution < -0.4 is 4.90 Å². The van der Waals surface area contributed by atoms with Crippen molar-refractivity contribution in [2.75, 3.05) is 4.90 Å². The van der Waals surface area contributed by atoms with E-state index in [4.69, 9.17) is 4.42 Å². The summed E-state index contributed by atoms with van der Waals surface area (Å²) in [6.07, 6.45) is 0.